The van der Waals surface area contributed by atoms with Crippen molar-refractivity contribution in [3.05, 3.63) is 12.4 Å². The molecule has 0 saturated carbocycles. The van der Waals surface area contributed by atoms with E-state index in [4.69, 9.17) is 5.84 Å². The lowest BCUT2D eigenvalue weighted by molar-refractivity contribution is 0.115. The third-order valence-corrected chi connectivity index (χ3v) is 4.25. The zero-order chi connectivity index (χ0) is 13.2. The number of fused-ring (bicyclic) bond motifs is 1. The fraction of sp³-hybridized carbons (Fsp3) is 0.692. The van der Waals surface area contributed by atoms with E-state index in [0.717, 1.165) is 18.9 Å². The van der Waals surface area contributed by atoms with E-state index in [1.54, 1.807) is 6.20 Å². The highest BCUT2D eigenvalue weighted by Gasteiger charge is 2.33. The van der Waals surface area contributed by atoms with Crippen molar-refractivity contribution < 1.29 is 0 Å². The smallest absolute Gasteiger partial charge is 0.160 e. The number of nitrogens with two attached hydrogens (primary N) is 1. The molecule has 2 atom stereocenters. The van der Waals surface area contributed by atoms with E-state index < -0.39 is 0 Å². The van der Waals surface area contributed by atoms with Gasteiger partial charge in [0.15, 0.2) is 5.82 Å². The number of piperidine rings is 1. The van der Waals surface area contributed by atoms with E-state index in [1.807, 2.05) is 6.20 Å². The van der Waals surface area contributed by atoms with Crippen LogP contribution in [0, 0.1) is 0 Å². The van der Waals surface area contributed by atoms with Gasteiger partial charge in [0.05, 0.1) is 12.4 Å². The van der Waals surface area contributed by atoms with Crippen LogP contribution in [0.5, 0.6) is 0 Å². The highest BCUT2D eigenvalue weighted by Crippen LogP contribution is 2.27. The molecule has 2 fully saturated rings. The molecule has 1 aromatic heterocycles. The van der Waals surface area contributed by atoms with Crippen molar-refractivity contribution in [1.82, 2.24) is 14.9 Å². The molecule has 2 unspecified atom stereocenters. The summed E-state index contributed by atoms with van der Waals surface area (Å²) >= 11 is 0. The molecule has 0 aliphatic carbocycles. The highest BCUT2D eigenvalue weighted by molar-refractivity contribution is 5.44. The molecule has 2 saturated heterocycles. The summed E-state index contributed by atoms with van der Waals surface area (Å²) in [5.74, 6) is 6.96. The molecule has 0 radical (unpaired) electrons. The van der Waals surface area contributed by atoms with Crippen LogP contribution in [0.3, 0.4) is 0 Å². The highest BCUT2D eigenvalue weighted by atomic mass is 15.3. The minimum absolute atomic E-state index is 0.469. The Kier molecular flexibility index (Phi) is 3.52. The van der Waals surface area contributed by atoms with Crippen LogP contribution in [0.1, 0.15) is 26.2 Å². The van der Waals surface area contributed by atoms with Crippen LogP contribution < -0.4 is 16.2 Å². The molecule has 0 spiro atoms. The predicted molar refractivity (Wildman–Crippen MR) is 75.9 cm³/mol. The normalized spacial score (nSPS) is 28.0. The third kappa shape index (κ3) is 2.50. The number of piperazine rings is 1. The lowest BCUT2D eigenvalue weighted by Gasteiger charge is -2.47. The first kappa shape index (κ1) is 12.6. The zero-order valence-corrected chi connectivity index (χ0v) is 11.4. The van der Waals surface area contributed by atoms with Crippen molar-refractivity contribution in [1.29, 1.82) is 0 Å². The number of nitrogens with zero attached hydrogens (tertiary/aromatic N) is 4. The van der Waals surface area contributed by atoms with Gasteiger partial charge in [-0.05, 0) is 26.3 Å². The van der Waals surface area contributed by atoms with Crippen molar-refractivity contribution >= 4 is 11.6 Å². The van der Waals surface area contributed by atoms with Gasteiger partial charge in [-0.25, -0.2) is 10.8 Å². The van der Waals surface area contributed by atoms with Crippen molar-refractivity contribution in [3.8, 4) is 0 Å². The van der Waals surface area contributed by atoms with Crippen molar-refractivity contribution in [2.75, 3.05) is 30.0 Å². The van der Waals surface area contributed by atoms with Crippen LogP contribution in [0.4, 0.5) is 11.6 Å². The molecule has 0 amide bonds. The van der Waals surface area contributed by atoms with Gasteiger partial charge in [-0.3, -0.25) is 9.88 Å². The molecule has 0 aromatic carbocycles. The van der Waals surface area contributed by atoms with E-state index in [9.17, 15) is 0 Å². The maximum absolute atomic E-state index is 5.41. The molecule has 3 N–H and O–H groups in total. The molecule has 6 nitrogen and oxygen atoms in total. The first-order chi connectivity index (χ1) is 9.28. The van der Waals surface area contributed by atoms with Gasteiger partial charge in [0.25, 0.3) is 0 Å². The fourth-order valence-corrected chi connectivity index (χ4v) is 3.23. The zero-order valence-electron chi connectivity index (χ0n) is 11.4. The number of aromatic nitrogens is 2. The molecule has 6 heteroatoms. The number of hydrazine groups is 1. The average molecular weight is 262 g/mol. The van der Waals surface area contributed by atoms with Gasteiger partial charge >= 0.3 is 0 Å². The van der Waals surface area contributed by atoms with Gasteiger partial charge in [0.2, 0.25) is 0 Å². The number of anilines is 2. The Hall–Kier alpha value is -1.40. The van der Waals surface area contributed by atoms with Crippen molar-refractivity contribution in [2.45, 2.75) is 38.3 Å². The van der Waals surface area contributed by atoms with E-state index in [1.165, 1.54) is 25.8 Å². The van der Waals surface area contributed by atoms with Gasteiger partial charge in [-0.1, -0.05) is 6.42 Å². The Balaban J connectivity index is 1.79. The number of nitrogen functional groups attached to an aromatic ring is 1. The molecule has 1 aromatic rings. The Morgan fingerprint density at radius 1 is 1.32 bits per heavy atom. The summed E-state index contributed by atoms with van der Waals surface area (Å²) < 4.78 is 0. The van der Waals surface area contributed by atoms with Crippen molar-refractivity contribution in [3.63, 3.8) is 0 Å². The molecule has 2 aliphatic heterocycles. The number of rotatable bonds is 2. The summed E-state index contributed by atoms with van der Waals surface area (Å²) in [6, 6.07) is 1.14. The maximum Gasteiger partial charge on any atom is 0.160 e. The minimum Gasteiger partial charge on any atom is -0.350 e. The molecule has 2 aliphatic rings. The summed E-state index contributed by atoms with van der Waals surface area (Å²) in [7, 11) is 0. The SMILES string of the molecule is CC1CN2CCCCC2CN1c1cncc(NN)n1. The second-order valence-corrected chi connectivity index (χ2v) is 5.55. The summed E-state index contributed by atoms with van der Waals surface area (Å²) in [5, 5.41) is 0. The van der Waals surface area contributed by atoms with Gasteiger partial charge in [0.1, 0.15) is 5.82 Å². The first-order valence-electron chi connectivity index (χ1n) is 7.07. The quantitative estimate of drug-likeness (QED) is 0.607. The molecule has 3 heterocycles. The van der Waals surface area contributed by atoms with Gasteiger partial charge in [0, 0.05) is 25.2 Å². The van der Waals surface area contributed by atoms with Gasteiger partial charge in [-0.15, -0.1) is 0 Å². The Morgan fingerprint density at radius 3 is 3.05 bits per heavy atom. The summed E-state index contributed by atoms with van der Waals surface area (Å²) in [5.41, 5.74) is 2.57. The third-order valence-electron chi connectivity index (χ3n) is 4.25. The Morgan fingerprint density at radius 2 is 2.21 bits per heavy atom. The molecule has 3 rings (SSSR count). The number of hydrogen-bond donors (Lipinski definition) is 2. The maximum atomic E-state index is 5.41. The molecule has 0 bridgehead atoms. The topological polar surface area (TPSA) is 70.3 Å². The molecular weight excluding hydrogens is 240 g/mol. The number of nitrogens with one attached hydrogen (secondary N) is 1. The van der Waals surface area contributed by atoms with Gasteiger partial charge in [-0.2, -0.15) is 0 Å². The molecule has 104 valence electrons. The Labute approximate surface area is 114 Å². The van der Waals surface area contributed by atoms with E-state index >= 15 is 0 Å². The second-order valence-electron chi connectivity index (χ2n) is 5.55. The van der Waals surface area contributed by atoms with Crippen LogP contribution in [0.15, 0.2) is 12.4 Å². The predicted octanol–water partition coefficient (Wildman–Crippen LogP) is 0.825. The summed E-state index contributed by atoms with van der Waals surface area (Å²) in [6.07, 6.45) is 7.46. The van der Waals surface area contributed by atoms with Gasteiger partial charge < -0.3 is 10.3 Å². The fourth-order valence-electron chi connectivity index (χ4n) is 3.23. The summed E-state index contributed by atoms with van der Waals surface area (Å²) in [4.78, 5) is 13.7. The first-order valence-corrected chi connectivity index (χ1v) is 7.07. The average Bonchev–Trinajstić information content (AvgIpc) is 2.46. The lowest BCUT2D eigenvalue weighted by atomic mass is 9.97. The van der Waals surface area contributed by atoms with Crippen LogP contribution in [-0.4, -0.2) is 46.6 Å². The van der Waals surface area contributed by atoms with E-state index in [0.29, 0.717) is 17.9 Å². The van der Waals surface area contributed by atoms with Crippen LogP contribution in [0.25, 0.3) is 0 Å². The number of hydrogen-bond acceptors (Lipinski definition) is 6. The lowest BCUT2D eigenvalue weighted by Crippen LogP contribution is -2.59. The molecule has 19 heavy (non-hydrogen) atoms. The minimum atomic E-state index is 0.469. The monoisotopic (exact) mass is 262 g/mol. The van der Waals surface area contributed by atoms with Crippen LogP contribution in [-0.2, 0) is 0 Å². The second kappa shape index (κ2) is 5.30. The standard InChI is InChI=1S/C13H22N6/c1-10-8-18-5-3-2-4-11(18)9-19(10)13-7-15-6-12(16-13)17-14/h6-7,10-11H,2-5,8-9,14H2,1H3,(H,16,17). The van der Waals surface area contributed by atoms with Crippen molar-refractivity contribution in [2.24, 2.45) is 5.84 Å². The van der Waals surface area contributed by atoms with Crippen LogP contribution >= 0.6 is 0 Å². The summed E-state index contributed by atoms with van der Waals surface area (Å²) in [6.45, 7) is 5.67. The van der Waals surface area contributed by atoms with Crippen LogP contribution in [0.2, 0.25) is 0 Å². The largest absolute Gasteiger partial charge is 0.350 e. The van der Waals surface area contributed by atoms with E-state index in [2.05, 4.69) is 32.1 Å². The molecular formula is C13H22N6. The Bertz CT molecular complexity index is 437. The van der Waals surface area contributed by atoms with E-state index in [-0.39, 0.29) is 0 Å².